The first kappa shape index (κ1) is 15.4. The van der Waals surface area contributed by atoms with E-state index in [2.05, 4.69) is 15.9 Å². The second-order valence-corrected chi connectivity index (χ2v) is 6.43. The zero-order valence-electron chi connectivity index (χ0n) is 10.3. The fraction of sp³-hybridized carbons (Fsp3) is 0. The van der Waals surface area contributed by atoms with Gasteiger partial charge >= 0.3 is 0 Å². The maximum absolute atomic E-state index is 13.7. The fourth-order valence-corrected chi connectivity index (χ4v) is 3.45. The van der Waals surface area contributed by atoms with E-state index in [9.17, 15) is 17.2 Å². The lowest BCUT2D eigenvalue weighted by Gasteiger charge is -2.11. The smallest absolute Gasteiger partial charge is 0.263 e. The molecule has 0 saturated heterocycles. The Balaban J connectivity index is 2.55. The fourth-order valence-electron chi connectivity index (χ4n) is 1.62. The summed E-state index contributed by atoms with van der Waals surface area (Å²) in [5.41, 5.74) is -0.942. The molecule has 2 aromatic carbocycles. The highest BCUT2D eigenvalue weighted by molar-refractivity contribution is 9.10. The van der Waals surface area contributed by atoms with Gasteiger partial charge in [0.15, 0.2) is 0 Å². The highest BCUT2D eigenvalue weighted by Crippen LogP contribution is 2.28. The Morgan fingerprint density at radius 1 is 1.10 bits per heavy atom. The molecule has 0 radical (unpaired) electrons. The average Bonchev–Trinajstić information content (AvgIpc) is 2.43. The topological polar surface area (TPSA) is 70.0 Å². The number of hydrogen-bond acceptors (Lipinski definition) is 3. The summed E-state index contributed by atoms with van der Waals surface area (Å²) in [4.78, 5) is -0.555. The van der Waals surface area contributed by atoms with Crippen LogP contribution in [0.3, 0.4) is 0 Å². The molecule has 4 nitrogen and oxygen atoms in total. The van der Waals surface area contributed by atoms with Crippen LogP contribution in [-0.4, -0.2) is 8.42 Å². The van der Waals surface area contributed by atoms with E-state index in [0.717, 1.165) is 24.3 Å². The van der Waals surface area contributed by atoms with Crippen molar-refractivity contribution in [3.05, 3.63) is 58.1 Å². The van der Waals surface area contributed by atoms with Crippen molar-refractivity contribution < 1.29 is 17.2 Å². The number of anilines is 1. The van der Waals surface area contributed by atoms with Crippen molar-refractivity contribution in [2.45, 2.75) is 4.90 Å². The Morgan fingerprint density at radius 3 is 2.33 bits per heavy atom. The van der Waals surface area contributed by atoms with E-state index < -0.39 is 32.1 Å². The third-order valence-electron chi connectivity index (χ3n) is 2.58. The van der Waals surface area contributed by atoms with E-state index in [1.807, 2.05) is 4.72 Å². The van der Waals surface area contributed by atoms with Gasteiger partial charge in [0.1, 0.15) is 28.2 Å². The van der Waals surface area contributed by atoms with Crippen molar-refractivity contribution >= 4 is 31.6 Å². The Morgan fingerprint density at radius 2 is 1.71 bits per heavy atom. The summed E-state index contributed by atoms with van der Waals surface area (Å²) in [5.74, 6) is -1.77. The number of nitrogens with zero attached hydrogens (tertiary/aromatic N) is 1. The van der Waals surface area contributed by atoms with Gasteiger partial charge in [0, 0.05) is 4.47 Å². The lowest BCUT2D eigenvalue weighted by molar-refractivity contribution is 0.591. The molecule has 0 unspecified atom stereocenters. The molecule has 0 aliphatic rings. The van der Waals surface area contributed by atoms with Gasteiger partial charge in [-0.1, -0.05) is 12.1 Å². The second-order valence-electron chi connectivity index (χ2n) is 3.93. The lowest BCUT2D eigenvalue weighted by Crippen LogP contribution is -2.16. The number of nitrogens with one attached hydrogen (secondary N) is 1. The Hall–Kier alpha value is -1.98. The molecule has 2 aromatic rings. The molecule has 0 aliphatic carbocycles. The summed E-state index contributed by atoms with van der Waals surface area (Å²) in [6.45, 7) is 0. The molecular weight excluding hydrogens is 366 g/mol. The first-order valence-corrected chi connectivity index (χ1v) is 7.80. The van der Waals surface area contributed by atoms with Crippen LogP contribution in [0, 0.1) is 23.0 Å². The summed E-state index contributed by atoms with van der Waals surface area (Å²) in [5, 5.41) is 8.87. The van der Waals surface area contributed by atoms with Gasteiger partial charge in [-0.25, -0.2) is 17.2 Å². The van der Waals surface area contributed by atoms with Crippen molar-refractivity contribution in [1.29, 1.82) is 5.26 Å². The van der Waals surface area contributed by atoms with Crippen LogP contribution in [-0.2, 0) is 10.0 Å². The van der Waals surface area contributed by atoms with E-state index in [1.165, 1.54) is 18.2 Å². The molecule has 1 N–H and O–H groups in total. The van der Waals surface area contributed by atoms with Crippen molar-refractivity contribution in [3.63, 3.8) is 0 Å². The molecule has 0 aliphatic heterocycles. The van der Waals surface area contributed by atoms with Crippen molar-refractivity contribution in [3.8, 4) is 6.07 Å². The van der Waals surface area contributed by atoms with Crippen LogP contribution in [0.1, 0.15) is 5.56 Å². The van der Waals surface area contributed by atoms with Crippen LogP contribution < -0.4 is 4.72 Å². The standard InChI is InChI=1S/C13H7BrF2N2O2S/c14-9-3-1-5-11(16)13(9)18-21(19,20)12-6-2-4-10(15)8(12)7-17/h1-6,18H. The number of halogens is 3. The largest absolute Gasteiger partial charge is 0.275 e. The maximum Gasteiger partial charge on any atom is 0.263 e. The zero-order valence-corrected chi connectivity index (χ0v) is 12.7. The quantitative estimate of drug-likeness (QED) is 0.897. The minimum Gasteiger partial charge on any atom is -0.275 e. The Kier molecular flexibility index (Phi) is 4.25. The van der Waals surface area contributed by atoms with Crippen molar-refractivity contribution in [2.75, 3.05) is 4.72 Å². The minimum atomic E-state index is -4.31. The maximum atomic E-state index is 13.7. The van der Waals surface area contributed by atoms with Gasteiger partial charge in [-0.05, 0) is 40.2 Å². The van der Waals surface area contributed by atoms with Gasteiger partial charge < -0.3 is 0 Å². The van der Waals surface area contributed by atoms with Crippen molar-refractivity contribution in [1.82, 2.24) is 0 Å². The van der Waals surface area contributed by atoms with E-state index in [1.54, 1.807) is 0 Å². The van der Waals surface area contributed by atoms with E-state index in [0.29, 0.717) is 0 Å². The molecule has 0 saturated carbocycles. The summed E-state index contributed by atoms with van der Waals surface area (Å²) >= 11 is 3.02. The number of sulfonamides is 1. The number of nitriles is 1. The van der Waals surface area contributed by atoms with Gasteiger partial charge in [-0.3, -0.25) is 4.72 Å². The summed E-state index contributed by atoms with van der Waals surface area (Å²) < 4.78 is 53.8. The molecule has 21 heavy (non-hydrogen) atoms. The van der Waals surface area contributed by atoms with Crippen LogP contribution in [0.4, 0.5) is 14.5 Å². The van der Waals surface area contributed by atoms with E-state index >= 15 is 0 Å². The number of benzene rings is 2. The summed E-state index contributed by atoms with van der Waals surface area (Å²) in [7, 11) is -4.31. The lowest BCUT2D eigenvalue weighted by atomic mass is 10.2. The molecule has 0 spiro atoms. The summed E-state index contributed by atoms with van der Waals surface area (Å²) in [6, 6.07) is 8.58. The highest BCUT2D eigenvalue weighted by atomic mass is 79.9. The summed E-state index contributed by atoms with van der Waals surface area (Å²) in [6.07, 6.45) is 0. The molecule has 0 amide bonds. The van der Waals surface area contributed by atoms with Gasteiger partial charge in [0.05, 0.1) is 5.69 Å². The predicted octanol–water partition coefficient (Wildman–Crippen LogP) is 3.40. The van der Waals surface area contributed by atoms with E-state index in [-0.39, 0.29) is 10.2 Å². The molecule has 108 valence electrons. The highest BCUT2D eigenvalue weighted by Gasteiger charge is 2.23. The van der Waals surface area contributed by atoms with Gasteiger partial charge in [0.2, 0.25) is 0 Å². The number of rotatable bonds is 3. The number of para-hydroxylation sites is 1. The van der Waals surface area contributed by atoms with Gasteiger partial charge in [0.25, 0.3) is 10.0 Å². The number of hydrogen-bond donors (Lipinski definition) is 1. The zero-order chi connectivity index (χ0) is 15.6. The predicted molar refractivity (Wildman–Crippen MR) is 76.0 cm³/mol. The van der Waals surface area contributed by atoms with Crippen LogP contribution in [0.25, 0.3) is 0 Å². The molecule has 0 bridgehead atoms. The Labute approximate surface area is 128 Å². The van der Waals surface area contributed by atoms with E-state index in [4.69, 9.17) is 5.26 Å². The molecule has 0 heterocycles. The van der Waals surface area contributed by atoms with Gasteiger partial charge in [-0.15, -0.1) is 0 Å². The van der Waals surface area contributed by atoms with Crippen molar-refractivity contribution in [2.24, 2.45) is 0 Å². The molecule has 2 rings (SSSR count). The van der Waals surface area contributed by atoms with Crippen LogP contribution in [0.5, 0.6) is 0 Å². The normalized spacial score (nSPS) is 11.0. The molecule has 0 atom stereocenters. The Bertz CT molecular complexity index is 827. The first-order valence-electron chi connectivity index (χ1n) is 5.52. The first-order chi connectivity index (χ1) is 9.86. The van der Waals surface area contributed by atoms with Crippen LogP contribution in [0.2, 0.25) is 0 Å². The van der Waals surface area contributed by atoms with Gasteiger partial charge in [-0.2, -0.15) is 5.26 Å². The minimum absolute atomic E-state index is 0.181. The van der Waals surface area contributed by atoms with Crippen LogP contribution >= 0.6 is 15.9 Å². The van der Waals surface area contributed by atoms with Crippen LogP contribution in [0.15, 0.2) is 45.8 Å². The monoisotopic (exact) mass is 372 g/mol. The third kappa shape index (κ3) is 3.04. The molecule has 8 heteroatoms. The molecular formula is C13H7BrF2N2O2S. The third-order valence-corrected chi connectivity index (χ3v) is 4.63. The average molecular weight is 373 g/mol. The SMILES string of the molecule is N#Cc1c(F)cccc1S(=O)(=O)Nc1c(F)cccc1Br. The molecule has 0 fully saturated rings. The second kappa shape index (κ2) is 5.79. The molecule has 0 aromatic heterocycles.